The predicted molar refractivity (Wildman–Crippen MR) is 143 cm³/mol. The number of aromatic amines is 1. The number of aryl methyl sites for hydroxylation is 3. The molecule has 5 nitrogen and oxygen atoms in total. The van der Waals surface area contributed by atoms with Crippen molar-refractivity contribution in [2.45, 2.75) is 20.8 Å². The van der Waals surface area contributed by atoms with Crippen LogP contribution in [-0.2, 0) is 0 Å². The summed E-state index contributed by atoms with van der Waals surface area (Å²) in [6.07, 6.45) is 3.48. The van der Waals surface area contributed by atoms with Gasteiger partial charge in [0.2, 0.25) is 5.52 Å². The van der Waals surface area contributed by atoms with Crippen LogP contribution in [0.25, 0.3) is 32.7 Å². The fourth-order valence-electron chi connectivity index (χ4n) is 3.78. The summed E-state index contributed by atoms with van der Waals surface area (Å²) in [6.45, 7) is 5.78. The number of fused-ring (bicyclic) bond motifs is 3. The summed E-state index contributed by atoms with van der Waals surface area (Å²) in [4.78, 5) is 18.3. The Bertz CT molecular complexity index is 1670. The Morgan fingerprint density at radius 2 is 1.37 bits per heavy atom. The minimum Gasteiger partial charge on any atom is -0.618 e. The number of para-hydroxylation sites is 3. The Hall–Kier alpha value is -4.51. The van der Waals surface area contributed by atoms with Crippen molar-refractivity contribution in [1.82, 2.24) is 9.97 Å². The van der Waals surface area contributed by atoms with Crippen LogP contribution in [0.15, 0.2) is 108 Å². The molecule has 0 aliphatic heterocycles. The lowest BCUT2D eigenvalue weighted by molar-refractivity contribution is -0.577. The number of pyridine rings is 3. The first-order chi connectivity index (χ1) is 16.9. The lowest BCUT2D eigenvalue weighted by Gasteiger charge is -2.01. The van der Waals surface area contributed by atoms with Crippen LogP contribution in [0.3, 0.4) is 0 Å². The van der Waals surface area contributed by atoms with Crippen molar-refractivity contribution >= 4 is 32.7 Å². The number of benzene rings is 3. The molecule has 35 heavy (non-hydrogen) atoms. The average Bonchev–Trinajstić information content (AvgIpc) is 2.85. The number of hydrogen-bond donors (Lipinski definition) is 1. The number of nitrogens with zero attached hydrogens (tertiary/aromatic N) is 2. The smallest absolute Gasteiger partial charge is 0.251 e. The monoisotopic (exact) mass is 461 g/mol. The highest BCUT2D eigenvalue weighted by molar-refractivity contribution is 5.79. The molecule has 0 saturated heterocycles. The molecule has 174 valence electrons. The van der Waals surface area contributed by atoms with Crippen LogP contribution in [-0.4, -0.2) is 9.97 Å². The third-order valence-electron chi connectivity index (χ3n) is 5.54. The van der Waals surface area contributed by atoms with Crippen LogP contribution < -0.4 is 10.3 Å². The molecule has 3 aromatic carbocycles. The lowest BCUT2D eigenvalue weighted by Crippen LogP contribution is -2.26. The summed E-state index contributed by atoms with van der Waals surface area (Å²) in [5.41, 5.74) is 5.64. The molecule has 0 fully saturated rings. The van der Waals surface area contributed by atoms with Crippen LogP contribution in [0.4, 0.5) is 0 Å². The van der Waals surface area contributed by atoms with Gasteiger partial charge in [0.25, 0.3) is 5.56 Å². The molecule has 0 aliphatic carbocycles. The molecule has 0 aliphatic rings. The van der Waals surface area contributed by atoms with Crippen molar-refractivity contribution in [3.63, 3.8) is 0 Å². The minimum absolute atomic E-state index is 0.00583. The van der Waals surface area contributed by atoms with E-state index in [0.717, 1.165) is 43.2 Å². The standard InChI is InChI=1S/2C10H9NO.C10H9N/c1-8-6-9-4-2-3-5-10(9)11(12)7-8;1-7-6-8-4-2-3-5-9(8)11-10(7)12;1-8-6-9-4-2-3-5-10(9)11-7-8/h2-7H,1H3;2-6H,1H3,(H,11,12);2-7H,1H3. The Morgan fingerprint density at radius 3 is 2.17 bits per heavy atom. The third kappa shape index (κ3) is 5.89. The van der Waals surface area contributed by atoms with E-state index in [4.69, 9.17) is 0 Å². The van der Waals surface area contributed by atoms with Crippen molar-refractivity contribution in [1.29, 1.82) is 0 Å². The fourth-order valence-corrected chi connectivity index (χ4v) is 3.78. The molecule has 0 radical (unpaired) electrons. The summed E-state index contributed by atoms with van der Waals surface area (Å²) in [5.74, 6) is 0. The Balaban J connectivity index is 0.000000124. The molecule has 0 amide bonds. The molecule has 1 N–H and O–H groups in total. The van der Waals surface area contributed by atoms with E-state index in [1.807, 2.05) is 98.9 Å². The normalized spacial score (nSPS) is 10.4. The molecule has 0 unspecified atom stereocenters. The van der Waals surface area contributed by atoms with Gasteiger partial charge in [0.1, 0.15) is 0 Å². The second kappa shape index (κ2) is 10.6. The second-order valence-corrected chi connectivity index (χ2v) is 8.48. The zero-order valence-corrected chi connectivity index (χ0v) is 20.0. The maximum Gasteiger partial charge on any atom is 0.251 e. The third-order valence-corrected chi connectivity index (χ3v) is 5.54. The molecule has 0 atom stereocenters. The van der Waals surface area contributed by atoms with Gasteiger partial charge >= 0.3 is 0 Å². The van der Waals surface area contributed by atoms with E-state index in [0.29, 0.717) is 0 Å². The van der Waals surface area contributed by atoms with E-state index in [9.17, 15) is 10.0 Å². The zero-order chi connectivity index (χ0) is 24.8. The van der Waals surface area contributed by atoms with Gasteiger partial charge in [0.15, 0.2) is 6.20 Å². The quantitative estimate of drug-likeness (QED) is 0.217. The van der Waals surface area contributed by atoms with E-state index in [1.165, 1.54) is 10.9 Å². The summed E-state index contributed by atoms with van der Waals surface area (Å²) >= 11 is 0. The largest absolute Gasteiger partial charge is 0.618 e. The topological polar surface area (TPSA) is 72.7 Å². The van der Waals surface area contributed by atoms with Crippen molar-refractivity contribution < 1.29 is 4.73 Å². The van der Waals surface area contributed by atoms with Gasteiger partial charge in [-0.2, -0.15) is 4.73 Å². The first-order valence-corrected chi connectivity index (χ1v) is 11.4. The number of nitrogens with one attached hydrogen (secondary N) is 1. The van der Waals surface area contributed by atoms with Crippen LogP contribution >= 0.6 is 0 Å². The number of rotatable bonds is 0. The molecular formula is C30H27N3O2. The van der Waals surface area contributed by atoms with Crippen molar-refractivity contribution in [2.75, 3.05) is 0 Å². The number of H-pyrrole nitrogens is 1. The Kier molecular flexibility index (Phi) is 7.17. The van der Waals surface area contributed by atoms with Gasteiger partial charge in [-0.3, -0.25) is 9.78 Å². The van der Waals surface area contributed by atoms with Crippen LogP contribution in [0.1, 0.15) is 16.7 Å². The molecule has 0 bridgehead atoms. The van der Waals surface area contributed by atoms with Gasteiger partial charge in [-0.05, 0) is 68.1 Å². The number of aromatic nitrogens is 3. The van der Waals surface area contributed by atoms with E-state index >= 15 is 0 Å². The van der Waals surface area contributed by atoms with E-state index < -0.39 is 0 Å². The van der Waals surface area contributed by atoms with Crippen LogP contribution in [0, 0.1) is 26.0 Å². The van der Waals surface area contributed by atoms with Gasteiger partial charge in [-0.25, -0.2) is 0 Å². The highest BCUT2D eigenvalue weighted by Gasteiger charge is 2.02. The van der Waals surface area contributed by atoms with Crippen LogP contribution in [0.2, 0.25) is 0 Å². The van der Waals surface area contributed by atoms with Gasteiger partial charge < -0.3 is 10.2 Å². The highest BCUT2D eigenvalue weighted by Crippen LogP contribution is 2.12. The predicted octanol–water partition coefficient (Wildman–Crippen LogP) is 6.16. The molecule has 3 aromatic heterocycles. The molecule has 6 rings (SSSR count). The zero-order valence-electron chi connectivity index (χ0n) is 20.0. The Labute approximate surface area is 203 Å². The summed E-state index contributed by atoms with van der Waals surface area (Å²) in [7, 11) is 0. The van der Waals surface area contributed by atoms with Crippen molar-refractivity contribution in [3.05, 3.63) is 136 Å². The maximum absolute atomic E-state index is 11.3. The second-order valence-electron chi connectivity index (χ2n) is 8.48. The van der Waals surface area contributed by atoms with E-state index in [2.05, 4.69) is 29.0 Å². The first-order valence-electron chi connectivity index (χ1n) is 11.4. The maximum atomic E-state index is 11.3. The van der Waals surface area contributed by atoms with E-state index in [1.54, 1.807) is 6.20 Å². The van der Waals surface area contributed by atoms with Gasteiger partial charge in [-0.1, -0.05) is 48.5 Å². The van der Waals surface area contributed by atoms with Crippen molar-refractivity contribution in [2.24, 2.45) is 0 Å². The molecular weight excluding hydrogens is 434 g/mol. The molecule has 0 spiro atoms. The first kappa shape index (κ1) is 23.6. The van der Waals surface area contributed by atoms with Crippen molar-refractivity contribution in [3.8, 4) is 0 Å². The molecule has 6 aromatic rings. The molecule has 5 heteroatoms. The minimum atomic E-state index is -0.00583. The Morgan fingerprint density at radius 1 is 0.743 bits per heavy atom. The lowest BCUT2D eigenvalue weighted by atomic mass is 10.2. The summed E-state index contributed by atoms with van der Waals surface area (Å²) < 4.78 is 0.907. The SMILES string of the molecule is Cc1cc2ccccc2[n+]([O-])c1.Cc1cc2ccccc2[nH]c1=O.Cc1cnc2ccccc2c1. The fraction of sp³-hybridized carbons (Fsp3) is 0.100. The highest BCUT2D eigenvalue weighted by atomic mass is 16.5. The summed E-state index contributed by atoms with van der Waals surface area (Å²) in [5, 5.41) is 14.6. The average molecular weight is 462 g/mol. The van der Waals surface area contributed by atoms with Gasteiger partial charge in [-0.15, -0.1) is 0 Å². The summed E-state index contributed by atoms with van der Waals surface area (Å²) in [6, 6.07) is 29.5. The molecule has 3 heterocycles. The van der Waals surface area contributed by atoms with Gasteiger partial charge in [0, 0.05) is 39.7 Å². The van der Waals surface area contributed by atoms with Gasteiger partial charge in [0.05, 0.1) is 5.52 Å². The van der Waals surface area contributed by atoms with Crippen LogP contribution in [0.5, 0.6) is 0 Å². The molecule has 0 saturated carbocycles. The van der Waals surface area contributed by atoms with E-state index in [-0.39, 0.29) is 5.56 Å². The number of hydrogen-bond acceptors (Lipinski definition) is 3.